The summed E-state index contributed by atoms with van der Waals surface area (Å²) in [4.78, 5) is 14.1. The molecule has 170 valence electrons. The predicted molar refractivity (Wildman–Crippen MR) is 139 cm³/mol. The molecule has 1 amide bonds. The zero-order chi connectivity index (χ0) is 22.9. The van der Waals surface area contributed by atoms with E-state index >= 15 is 0 Å². The van der Waals surface area contributed by atoms with Crippen molar-refractivity contribution in [1.29, 1.82) is 0 Å². The fourth-order valence-electron chi connectivity index (χ4n) is 6.33. The van der Waals surface area contributed by atoms with Gasteiger partial charge in [-0.15, -0.1) is 0 Å². The number of aryl methyl sites for hydroxylation is 2. The van der Waals surface area contributed by atoms with E-state index in [9.17, 15) is 4.79 Å². The van der Waals surface area contributed by atoms with Gasteiger partial charge in [-0.25, -0.2) is 0 Å². The summed E-state index contributed by atoms with van der Waals surface area (Å²) in [5, 5.41) is 6.21. The molecular formula is C32H31NO. The van der Waals surface area contributed by atoms with Gasteiger partial charge in [-0.05, 0) is 70.2 Å². The molecule has 2 nitrogen and oxygen atoms in total. The van der Waals surface area contributed by atoms with Gasteiger partial charge in [0.2, 0.25) is 5.91 Å². The first-order valence-electron chi connectivity index (χ1n) is 12.7. The van der Waals surface area contributed by atoms with E-state index in [-0.39, 0.29) is 17.9 Å². The molecule has 2 aliphatic carbocycles. The Bertz CT molecular complexity index is 1290. The van der Waals surface area contributed by atoms with Gasteiger partial charge in [0.1, 0.15) is 0 Å². The highest BCUT2D eigenvalue weighted by Gasteiger charge is 2.34. The highest BCUT2D eigenvalue weighted by atomic mass is 16.2. The molecule has 4 aromatic carbocycles. The molecular weight excluding hydrogens is 414 g/mol. The van der Waals surface area contributed by atoms with Gasteiger partial charge in [0, 0.05) is 0 Å². The summed E-state index contributed by atoms with van der Waals surface area (Å²) in [5.74, 6) is 0.452. The van der Waals surface area contributed by atoms with Crippen molar-refractivity contribution in [1.82, 2.24) is 5.32 Å². The Morgan fingerprint density at radius 1 is 0.706 bits per heavy atom. The summed E-state index contributed by atoms with van der Waals surface area (Å²) in [6, 6.07) is 31.9. The normalized spacial score (nSPS) is 17.1. The number of amides is 1. The van der Waals surface area contributed by atoms with Crippen LogP contribution in [0, 0.1) is 5.92 Å². The molecule has 34 heavy (non-hydrogen) atoms. The molecule has 6 rings (SSSR count). The summed E-state index contributed by atoms with van der Waals surface area (Å²) < 4.78 is 0. The van der Waals surface area contributed by atoms with Crippen molar-refractivity contribution in [3.8, 4) is 0 Å². The van der Waals surface area contributed by atoms with Crippen molar-refractivity contribution in [3.05, 3.63) is 119 Å². The molecule has 1 N–H and O–H groups in total. The summed E-state index contributed by atoms with van der Waals surface area (Å²) in [6.07, 6.45) is 6.91. The van der Waals surface area contributed by atoms with E-state index < -0.39 is 0 Å². The lowest BCUT2D eigenvalue weighted by atomic mass is 9.83. The fourth-order valence-corrected chi connectivity index (χ4v) is 6.33. The maximum atomic E-state index is 14.1. The van der Waals surface area contributed by atoms with Crippen LogP contribution >= 0.6 is 0 Å². The predicted octanol–water partition coefficient (Wildman–Crippen LogP) is 7.12. The third-order valence-electron chi connectivity index (χ3n) is 7.95. The maximum absolute atomic E-state index is 14.1. The van der Waals surface area contributed by atoms with Crippen LogP contribution in [0.4, 0.5) is 0 Å². The lowest BCUT2D eigenvalue weighted by Crippen LogP contribution is -2.36. The van der Waals surface area contributed by atoms with E-state index in [2.05, 4.69) is 84.2 Å². The molecule has 0 aliphatic heterocycles. The van der Waals surface area contributed by atoms with Crippen molar-refractivity contribution < 1.29 is 4.79 Å². The van der Waals surface area contributed by atoms with Crippen LogP contribution in [0.25, 0.3) is 10.8 Å². The quantitative estimate of drug-likeness (QED) is 0.336. The molecule has 0 radical (unpaired) electrons. The van der Waals surface area contributed by atoms with Crippen molar-refractivity contribution in [2.75, 3.05) is 0 Å². The fraction of sp³-hybridized carbons (Fsp3) is 0.281. The molecule has 4 aromatic rings. The number of benzene rings is 4. The van der Waals surface area contributed by atoms with E-state index in [4.69, 9.17) is 0 Å². The highest BCUT2D eigenvalue weighted by Crippen LogP contribution is 2.40. The van der Waals surface area contributed by atoms with Crippen LogP contribution < -0.4 is 5.32 Å². The minimum atomic E-state index is -0.175. The summed E-state index contributed by atoms with van der Waals surface area (Å²) in [5.41, 5.74) is 6.33. The topological polar surface area (TPSA) is 29.1 Å². The highest BCUT2D eigenvalue weighted by molar-refractivity contribution is 5.94. The molecule has 1 saturated carbocycles. The Balaban J connectivity index is 1.43. The van der Waals surface area contributed by atoms with Crippen molar-refractivity contribution in [2.45, 2.75) is 50.5 Å². The van der Waals surface area contributed by atoms with Crippen molar-refractivity contribution in [2.24, 2.45) is 5.92 Å². The summed E-state index contributed by atoms with van der Waals surface area (Å²) in [7, 11) is 0. The molecule has 2 aliphatic rings. The zero-order valence-electron chi connectivity index (χ0n) is 19.5. The van der Waals surface area contributed by atoms with Gasteiger partial charge in [-0.1, -0.05) is 104 Å². The van der Waals surface area contributed by atoms with Crippen LogP contribution in [0.1, 0.15) is 65.5 Å². The largest absolute Gasteiger partial charge is 0.345 e. The van der Waals surface area contributed by atoms with Crippen LogP contribution in [0.5, 0.6) is 0 Å². The van der Waals surface area contributed by atoms with Gasteiger partial charge in [0.05, 0.1) is 12.0 Å². The van der Waals surface area contributed by atoms with Gasteiger partial charge in [0.15, 0.2) is 0 Å². The maximum Gasteiger partial charge on any atom is 0.228 e. The van der Waals surface area contributed by atoms with Gasteiger partial charge in [-0.3, -0.25) is 4.79 Å². The number of hydrogen-bond donors (Lipinski definition) is 1. The lowest BCUT2D eigenvalue weighted by Gasteiger charge is -2.28. The van der Waals surface area contributed by atoms with Crippen LogP contribution in [-0.4, -0.2) is 5.91 Å². The second kappa shape index (κ2) is 9.10. The van der Waals surface area contributed by atoms with E-state index in [0.717, 1.165) is 36.8 Å². The van der Waals surface area contributed by atoms with E-state index in [1.807, 2.05) is 12.1 Å². The summed E-state index contributed by atoms with van der Waals surface area (Å²) >= 11 is 0. The van der Waals surface area contributed by atoms with E-state index in [1.54, 1.807) is 0 Å². The van der Waals surface area contributed by atoms with Crippen LogP contribution in [0.2, 0.25) is 0 Å². The molecule has 1 fully saturated rings. The average molecular weight is 446 g/mol. The van der Waals surface area contributed by atoms with Gasteiger partial charge < -0.3 is 5.32 Å². The number of carbonyl (C=O) groups is 1. The minimum Gasteiger partial charge on any atom is -0.345 e. The smallest absolute Gasteiger partial charge is 0.228 e. The first kappa shape index (κ1) is 21.2. The molecule has 0 saturated heterocycles. The van der Waals surface area contributed by atoms with Gasteiger partial charge >= 0.3 is 0 Å². The SMILES string of the molecule is O=C(NC(c1ccccc1)c1ccc2c3c(cccc13)CC2)C(c1ccccc1)C1CCCC1. The third kappa shape index (κ3) is 3.81. The minimum absolute atomic E-state index is 0.105. The Labute approximate surface area is 202 Å². The molecule has 2 heteroatoms. The summed E-state index contributed by atoms with van der Waals surface area (Å²) in [6.45, 7) is 0. The molecule has 0 spiro atoms. The van der Waals surface area contributed by atoms with Crippen molar-refractivity contribution in [3.63, 3.8) is 0 Å². The monoisotopic (exact) mass is 445 g/mol. The Morgan fingerprint density at radius 2 is 1.35 bits per heavy atom. The van der Waals surface area contributed by atoms with Crippen LogP contribution in [0.15, 0.2) is 91.0 Å². The Hall–Kier alpha value is -3.39. The Morgan fingerprint density at radius 3 is 2.06 bits per heavy atom. The molecule has 0 aromatic heterocycles. The average Bonchev–Trinajstić information content (AvgIpc) is 3.56. The zero-order valence-corrected chi connectivity index (χ0v) is 19.5. The second-order valence-corrected chi connectivity index (χ2v) is 9.94. The first-order chi connectivity index (χ1) is 16.8. The van der Waals surface area contributed by atoms with Gasteiger partial charge in [-0.2, -0.15) is 0 Å². The first-order valence-corrected chi connectivity index (χ1v) is 12.7. The standard InChI is InChI=1S/C32H31NO/c34-32(30(23-12-7-8-13-23)22-10-3-1-4-11-22)33-31(26-14-5-2-6-15-26)28-21-20-25-19-18-24-16-9-17-27(28)29(24)25/h1-6,9-11,14-17,20-21,23,30-31H,7-8,12-13,18-19H2,(H,33,34). The van der Waals surface area contributed by atoms with E-state index in [1.165, 1.54) is 40.3 Å². The van der Waals surface area contributed by atoms with Crippen LogP contribution in [-0.2, 0) is 17.6 Å². The van der Waals surface area contributed by atoms with E-state index in [0.29, 0.717) is 5.92 Å². The van der Waals surface area contributed by atoms with Gasteiger partial charge in [0.25, 0.3) is 0 Å². The molecule has 0 bridgehead atoms. The number of rotatable bonds is 6. The number of carbonyl (C=O) groups excluding carboxylic acids is 1. The third-order valence-corrected chi connectivity index (χ3v) is 7.95. The molecule has 2 atom stereocenters. The number of hydrogen-bond acceptors (Lipinski definition) is 1. The van der Waals surface area contributed by atoms with Crippen LogP contribution in [0.3, 0.4) is 0 Å². The van der Waals surface area contributed by atoms with Crippen molar-refractivity contribution >= 4 is 16.7 Å². The lowest BCUT2D eigenvalue weighted by molar-refractivity contribution is -0.124. The molecule has 2 unspecified atom stereocenters. The Kier molecular flexibility index (Phi) is 5.66. The number of nitrogens with one attached hydrogen (secondary N) is 1. The molecule has 0 heterocycles. The second-order valence-electron chi connectivity index (χ2n) is 9.94.